The molecule has 1 aliphatic rings. The minimum absolute atomic E-state index is 0.172. The Kier molecular flexibility index (Phi) is 3.47. The Labute approximate surface area is 147 Å². The molecule has 0 amide bonds. The zero-order chi connectivity index (χ0) is 16.9. The molecule has 0 radical (unpaired) electrons. The van der Waals surface area contributed by atoms with E-state index in [4.69, 9.17) is 16.6 Å². The number of halogens is 1. The van der Waals surface area contributed by atoms with E-state index in [9.17, 15) is 0 Å². The Morgan fingerprint density at radius 3 is 2.71 bits per heavy atom. The molecule has 0 spiro atoms. The Bertz CT molecular complexity index is 986. The van der Waals surface area contributed by atoms with Crippen LogP contribution >= 0.6 is 11.6 Å². The van der Waals surface area contributed by atoms with Crippen LogP contribution < -0.4 is 0 Å². The molecule has 120 valence electrons. The van der Waals surface area contributed by atoms with Crippen molar-refractivity contribution in [1.82, 2.24) is 4.98 Å². The summed E-state index contributed by atoms with van der Waals surface area (Å²) >= 11 is 6.47. The number of hydrogen-bond donors (Lipinski definition) is 0. The highest BCUT2D eigenvalue weighted by atomic mass is 35.5. The van der Waals surface area contributed by atoms with Crippen molar-refractivity contribution in [2.75, 3.05) is 0 Å². The summed E-state index contributed by atoms with van der Waals surface area (Å²) in [6.07, 6.45) is 2.78. The number of nitrogens with zero attached hydrogens (tertiary/aromatic N) is 2. The summed E-state index contributed by atoms with van der Waals surface area (Å²) < 4.78 is 0. The molecule has 2 heterocycles. The monoisotopic (exact) mass is 334 g/mol. The third-order valence-corrected chi connectivity index (χ3v) is 4.94. The van der Waals surface area contributed by atoms with Crippen LogP contribution in [0.4, 0.5) is 0 Å². The SMILES string of the molecule is Cc1cccc2cc(C3=NC(C)(C)Cc4c(Cl)cccc43)cnc12. The maximum atomic E-state index is 6.47. The number of para-hydroxylation sites is 1. The van der Waals surface area contributed by atoms with Crippen LogP contribution in [0.5, 0.6) is 0 Å². The van der Waals surface area contributed by atoms with Crippen LogP contribution in [0.3, 0.4) is 0 Å². The lowest BCUT2D eigenvalue weighted by Gasteiger charge is -2.29. The summed E-state index contributed by atoms with van der Waals surface area (Å²) in [6.45, 7) is 6.39. The molecule has 0 N–H and O–H groups in total. The van der Waals surface area contributed by atoms with Gasteiger partial charge in [-0.2, -0.15) is 0 Å². The molecule has 0 bridgehead atoms. The van der Waals surface area contributed by atoms with Gasteiger partial charge in [-0.05, 0) is 50.5 Å². The summed E-state index contributed by atoms with van der Waals surface area (Å²) in [4.78, 5) is 9.70. The van der Waals surface area contributed by atoms with Crippen LogP contribution in [0, 0.1) is 6.92 Å². The van der Waals surface area contributed by atoms with Crippen molar-refractivity contribution in [3.05, 3.63) is 75.9 Å². The third kappa shape index (κ3) is 2.51. The molecule has 0 saturated carbocycles. The van der Waals surface area contributed by atoms with Gasteiger partial charge in [-0.3, -0.25) is 9.98 Å². The van der Waals surface area contributed by atoms with E-state index in [2.05, 4.69) is 56.1 Å². The molecule has 2 nitrogen and oxygen atoms in total. The fourth-order valence-electron chi connectivity index (χ4n) is 3.46. The van der Waals surface area contributed by atoms with Crippen LogP contribution in [0.1, 0.15) is 36.1 Å². The first-order valence-corrected chi connectivity index (χ1v) is 8.56. The average Bonchev–Trinajstić information content (AvgIpc) is 2.54. The number of aliphatic imine (C=N–C) groups is 1. The molecule has 3 heteroatoms. The Morgan fingerprint density at radius 1 is 1.08 bits per heavy atom. The lowest BCUT2D eigenvalue weighted by atomic mass is 9.85. The van der Waals surface area contributed by atoms with Crippen molar-refractivity contribution in [2.45, 2.75) is 32.7 Å². The second-order valence-electron chi connectivity index (χ2n) is 7.09. The van der Waals surface area contributed by atoms with Gasteiger partial charge in [0, 0.05) is 27.7 Å². The van der Waals surface area contributed by atoms with E-state index in [-0.39, 0.29) is 5.54 Å². The van der Waals surface area contributed by atoms with Crippen LogP contribution in [-0.2, 0) is 6.42 Å². The molecule has 0 atom stereocenters. The highest BCUT2D eigenvalue weighted by molar-refractivity contribution is 6.32. The largest absolute Gasteiger partial charge is 0.278 e. The summed E-state index contributed by atoms with van der Waals surface area (Å²) in [7, 11) is 0. The van der Waals surface area contributed by atoms with Gasteiger partial charge in [0.2, 0.25) is 0 Å². The summed E-state index contributed by atoms with van der Waals surface area (Å²) in [5.74, 6) is 0. The minimum Gasteiger partial charge on any atom is -0.278 e. The van der Waals surface area contributed by atoms with Gasteiger partial charge in [-0.1, -0.05) is 41.9 Å². The first-order valence-electron chi connectivity index (χ1n) is 8.18. The third-order valence-electron chi connectivity index (χ3n) is 4.58. The zero-order valence-electron chi connectivity index (χ0n) is 14.1. The topological polar surface area (TPSA) is 25.2 Å². The van der Waals surface area contributed by atoms with Gasteiger partial charge < -0.3 is 0 Å². The number of aryl methyl sites for hydroxylation is 1. The molecule has 1 aromatic heterocycles. The molecule has 0 aliphatic carbocycles. The number of hydrogen-bond acceptors (Lipinski definition) is 2. The van der Waals surface area contributed by atoms with Crippen molar-refractivity contribution in [2.24, 2.45) is 4.99 Å². The van der Waals surface area contributed by atoms with E-state index in [1.54, 1.807) is 0 Å². The smallest absolute Gasteiger partial charge is 0.0744 e. The zero-order valence-corrected chi connectivity index (χ0v) is 14.9. The van der Waals surface area contributed by atoms with Gasteiger partial charge in [0.15, 0.2) is 0 Å². The molecule has 2 aromatic carbocycles. The molecule has 1 aliphatic heterocycles. The molecule has 4 rings (SSSR count). The minimum atomic E-state index is -0.172. The summed E-state index contributed by atoms with van der Waals surface area (Å²) in [5.41, 5.74) is 6.39. The van der Waals surface area contributed by atoms with Crippen molar-refractivity contribution in [3.63, 3.8) is 0 Å². The van der Waals surface area contributed by atoms with Crippen LogP contribution in [0.2, 0.25) is 5.02 Å². The summed E-state index contributed by atoms with van der Waals surface area (Å²) in [6, 6.07) is 14.5. The number of rotatable bonds is 1. The maximum Gasteiger partial charge on any atom is 0.0744 e. The van der Waals surface area contributed by atoms with Crippen LogP contribution in [0.15, 0.2) is 53.7 Å². The maximum absolute atomic E-state index is 6.47. The molecular weight excluding hydrogens is 316 g/mol. The first kappa shape index (κ1) is 15.3. The van der Waals surface area contributed by atoms with Gasteiger partial charge in [0.1, 0.15) is 0 Å². The van der Waals surface area contributed by atoms with E-state index in [1.807, 2.05) is 18.3 Å². The van der Waals surface area contributed by atoms with Gasteiger partial charge >= 0.3 is 0 Å². The van der Waals surface area contributed by atoms with Crippen LogP contribution in [0.25, 0.3) is 10.9 Å². The second kappa shape index (κ2) is 5.42. The van der Waals surface area contributed by atoms with Gasteiger partial charge in [0.05, 0.1) is 16.8 Å². The van der Waals surface area contributed by atoms with Gasteiger partial charge in [-0.25, -0.2) is 0 Å². The lowest BCUT2D eigenvalue weighted by molar-refractivity contribution is 0.513. The Balaban J connectivity index is 1.95. The van der Waals surface area contributed by atoms with E-state index < -0.39 is 0 Å². The Hall–Kier alpha value is -2.19. The van der Waals surface area contributed by atoms with Gasteiger partial charge in [0.25, 0.3) is 0 Å². The molecule has 24 heavy (non-hydrogen) atoms. The number of benzene rings is 2. The average molecular weight is 335 g/mol. The fourth-order valence-corrected chi connectivity index (χ4v) is 3.70. The normalized spacial score (nSPS) is 15.9. The van der Waals surface area contributed by atoms with Crippen molar-refractivity contribution >= 4 is 28.2 Å². The Morgan fingerprint density at radius 2 is 1.88 bits per heavy atom. The van der Waals surface area contributed by atoms with Crippen molar-refractivity contribution < 1.29 is 0 Å². The standard InChI is InChI=1S/C21H19ClN2/c1-13-6-4-7-14-10-15(12-23-19(13)14)20-16-8-5-9-18(22)17(16)11-21(2,3)24-20/h4-10,12H,11H2,1-3H3. The fraction of sp³-hybridized carbons (Fsp3) is 0.238. The molecule has 0 saturated heterocycles. The number of fused-ring (bicyclic) bond motifs is 2. The van der Waals surface area contributed by atoms with Crippen molar-refractivity contribution in [3.8, 4) is 0 Å². The predicted molar refractivity (Wildman–Crippen MR) is 101 cm³/mol. The molecule has 3 aromatic rings. The molecule has 0 unspecified atom stereocenters. The first-order chi connectivity index (χ1) is 11.4. The number of pyridine rings is 1. The summed E-state index contributed by atoms with van der Waals surface area (Å²) in [5, 5.41) is 1.96. The van der Waals surface area contributed by atoms with Gasteiger partial charge in [-0.15, -0.1) is 0 Å². The van der Waals surface area contributed by atoms with E-state index in [1.165, 1.54) is 11.1 Å². The lowest BCUT2D eigenvalue weighted by Crippen LogP contribution is -2.29. The van der Waals surface area contributed by atoms with E-state index in [0.29, 0.717) is 0 Å². The number of aromatic nitrogens is 1. The second-order valence-corrected chi connectivity index (χ2v) is 7.49. The molecular formula is C21H19ClN2. The van der Waals surface area contributed by atoms with E-state index in [0.717, 1.165) is 39.2 Å². The van der Waals surface area contributed by atoms with Crippen LogP contribution in [-0.4, -0.2) is 16.2 Å². The highest BCUT2D eigenvalue weighted by Crippen LogP contribution is 2.33. The quantitative estimate of drug-likeness (QED) is 0.587. The van der Waals surface area contributed by atoms with E-state index >= 15 is 0 Å². The molecule has 0 fully saturated rings. The highest BCUT2D eigenvalue weighted by Gasteiger charge is 2.29. The predicted octanol–water partition coefficient (Wildman–Crippen LogP) is 5.37. The van der Waals surface area contributed by atoms with Crippen molar-refractivity contribution in [1.29, 1.82) is 0 Å².